The highest BCUT2D eigenvalue weighted by Crippen LogP contribution is 2.21. The molecule has 4 nitrogen and oxygen atoms in total. The van der Waals surface area contributed by atoms with Crippen molar-refractivity contribution in [1.82, 2.24) is 15.1 Å². The van der Waals surface area contributed by atoms with E-state index in [1.165, 1.54) is 11.3 Å². The van der Waals surface area contributed by atoms with Crippen LogP contribution < -0.4 is 10.1 Å². The van der Waals surface area contributed by atoms with Crippen LogP contribution in [0.3, 0.4) is 0 Å². The van der Waals surface area contributed by atoms with E-state index in [1.807, 2.05) is 36.0 Å². The topological polar surface area (TPSA) is 39.1 Å². The number of ether oxygens (including phenoxy) is 1. The van der Waals surface area contributed by atoms with Gasteiger partial charge in [-0.25, -0.2) is 4.68 Å². The zero-order chi connectivity index (χ0) is 14.5. The highest BCUT2D eigenvalue weighted by molar-refractivity contribution is 5.40. The van der Waals surface area contributed by atoms with E-state index in [-0.39, 0.29) is 0 Å². The Bertz CT molecular complexity index is 558. The van der Waals surface area contributed by atoms with E-state index in [1.54, 1.807) is 7.11 Å². The van der Waals surface area contributed by atoms with Crippen LogP contribution in [0.25, 0.3) is 5.69 Å². The van der Waals surface area contributed by atoms with Crippen molar-refractivity contribution in [3.63, 3.8) is 0 Å². The summed E-state index contributed by atoms with van der Waals surface area (Å²) in [5.74, 6) is 0.865. The van der Waals surface area contributed by atoms with Crippen LogP contribution in [-0.4, -0.2) is 30.5 Å². The molecule has 0 aliphatic rings. The van der Waals surface area contributed by atoms with Gasteiger partial charge in [-0.2, -0.15) is 5.10 Å². The molecule has 1 N–H and O–H groups in total. The van der Waals surface area contributed by atoms with Gasteiger partial charge in [-0.15, -0.1) is 0 Å². The van der Waals surface area contributed by atoms with Crippen LogP contribution in [0.1, 0.15) is 23.4 Å². The summed E-state index contributed by atoms with van der Waals surface area (Å²) in [6.07, 6.45) is 2.20. The molecule has 1 aromatic heterocycles. The van der Waals surface area contributed by atoms with Gasteiger partial charge in [-0.05, 0) is 70.1 Å². The molecule has 0 unspecified atom stereocenters. The van der Waals surface area contributed by atoms with E-state index in [4.69, 9.17) is 4.74 Å². The lowest BCUT2D eigenvalue weighted by atomic mass is 10.1. The first-order valence-corrected chi connectivity index (χ1v) is 7.01. The molecule has 0 saturated heterocycles. The Labute approximate surface area is 120 Å². The number of aromatic nitrogens is 2. The predicted octanol–water partition coefficient (Wildman–Crippen LogP) is 2.65. The van der Waals surface area contributed by atoms with Crippen molar-refractivity contribution in [1.29, 1.82) is 0 Å². The summed E-state index contributed by atoms with van der Waals surface area (Å²) in [7, 11) is 3.67. The average molecular weight is 273 g/mol. The van der Waals surface area contributed by atoms with Crippen molar-refractivity contribution in [2.45, 2.75) is 26.7 Å². The molecule has 0 saturated carbocycles. The van der Waals surface area contributed by atoms with Crippen LogP contribution in [-0.2, 0) is 6.42 Å². The quantitative estimate of drug-likeness (QED) is 0.822. The van der Waals surface area contributed by atoms with Gasteiger partial charge in [0.05, 0.1) is 18.5 Å². The molecule has 2 rings (SSSR count). The van der Waals surface area contributed by atoms with Crippen LogP contribution in [0.2, 0.25) is 0 Å². The zero-order valence-electron chi connectivity index (χ0n) is 12.7. The molecule has 20 heavy (non-hydrogen) atoms. The van der Waals surface area contributed by atoms with Crippen molar-refractivity contribution >= 4 is 0 Å². The SMILES string of the molecule is CNCCCc1c(C)nn(-c2ccc(OC)cc2)c1C. The van der Waals surface area contributed by atoms with Gasteiger partial charge in [-0.3, -0.25) is 0 Å². The third kappa shape index (κ3) is 3.02. The maximum Gasteiger partial charge on any atom is 0.119 e. The first kappa shape index (κ1) is 14.6. The highest BCUT2D eigenvalue weighted by Gasteiger charge is 2.12. The molecule has 2 aromatic rings. The van der Waals surface area contributed by atoms with E-state index in [0.29, 0.717) is 0 Å². The third-order valence-electron chi connectivity index (χ3n) is 3.61. The Morgan fingerprint density at radius 3 is 2.50 bits per heavy atom. The summed E-state index contributed by atoms with van der Waals surface area (Å²) in [5.41, 5.74) is 4.78. The van der Waals surface area contributed by atoms with Crippen LogP contribution in [0.5, 0.6) is 5.75 Å². The smallest absolute Gasteiger partial charge is 0.119 e. The molecule has 0 amide bonds. The first-order valence-electron chi connectivity index (χ1n) is 7.01. The van der Waals surface area contributed by atoms with Crippen molar-refractivity contribution in [2.75, 3.05) is 20.7 Å². The molecule has 0 spiro atoms. The molecule has 1 aromatic carbocycles. The maximum absolute atomic E-state index is 5.19. The molecule has 0 bridgehead atoms. The summed E-state index contributed by atoms with van der Waals surface area (Å²) in [5, 5.41) is 7.86. The Hall–Kier alpha value is -1.81. The van der Waals surface area contributed by atoms with Crippen LogP contribution in [0.15, 0.2) is 24.3 Å². The van der Waals surface area contributed by atoms with Gasteiger partial charge in [-0.1, -0.05) is 0 Å². The van der Waals surface area contributed by atoms with Gasteiger partial charge < -0.3 is 10.1 Å². The summed E-state index contributed by atoms with van der Waals surface area (Å²) in [4.78, 5) is 0. The molecule has 0 aliphatic carbocycles. The van der Waals surface area contributed by atoms with Gasteiger partial charge in [0.25, 0.3) is 0 Å². The fraction of sp³-hybridized carbons (Fsp3) is 0.438. The van der Waals surface area contributed by atoms with E-state index in [0.717, 1.165) is 36.5 Å². The van der Waals surface area contributed by atoms with Crippen molar-refractivity contribution in [3.05, 3.63) is 41.2 Å². The Morgan fingerprint density at radius 2 is 1.90 bits per heavy atom. The molecule has 0 fully saturated rings. The molecular formula is C16H23N3O. The molecule has 0 aliphatic heterocycles. The molecule has 0 atom stereocenters. The van der Waals surface area contributed by atoms with Gasteiger partial charge in [0.15, 0.2) is 0 Å². The van der Waals surface area contributed by atoms with Gasteiger partial charge in [0.2, 0.25) is 0 Å². The van der Waals surface area contributed by atoms with Crippen LogP contribution >= 0.6 is 0 Å². The largest absolute Gasteiger partial charge is 0.497 e. The molecule has 108 valence electrons. The maximum atomic E-state index is 5.19. The van der Waals surface area contributed by atoms with Crippen molar-refractivity contribution in [3.8, 4) is 11.4 Å². The van der Waals surface area contributed by atoms with E-state index in [9.17, 15) is 0 Å². The number of rotatable bonds is 6. The standard InChI is InChI=1S/C16H23N3O/c1-12-16(6-5-11-17-3)13(2)19(18-12)14-7-9-15(20-4)10-8-14/h7-10,17H,5-6,11H2,1-4H3. The second kappa shape index (κ2) is 6.57. The fourth-order valence-electron chi connectivity index (χ4n) is 2.45. The lowest BCUT2D eigenvalue weighted by molar-refractivity contribution is 0.414. The minimum absolute atomic E-state index is 0.865. The lowest BCUT2D eigenvalue weighted by Gasteiger charge is -2.07. The minimum Gasteiger partial charge on any atom is -0.497 e. The third-order valence-corrected chi connectivity index (χ3v) is 3.61. The van der Waals surface area contributed by atoms with Gasteiger partial charge in [0, 0.05) is 5.69 Å². The minimum atomic E-state index is 0.865. The second-order valence-electron chi connectivity index (χ2n) is 4.97. The van der Waals surface area contributed by atoms with Crippen LogP contribution in [0.4, 0.5) is 0 Å². The second-order valence-corrected chi connectivity index (χ2v) is 4.97. The normalized spacial score (nSPS) is 10.8. The van der Waals surface area contributed by atoms with Crippen molar-refractivity contribution < 1.29 is 4.74 Å². The lowest BCUT2D eigenvalue weighted by Crippen LogP contribution is -2.09. The molecule has 4 heteroatoms. The Kier molecular flexibility index (Phi) is 4.79. The van der Waals surface area contributed by atoms with Crippen LogP contribution in [0, 0.1) is 13.8 Å². The number of methoxy groups -OCH3 is 1. The molecule has 0 radical (unpaired) electrons. The first-order chi connectivity index (χ1) is 9.67. The number of nitrogens with zero attached hydrogens (tertiary/aromatic N) is 2. The monoisotopic (exact) mass is 273 g/mol. The number of hydrogen-bond donors (Lipinski definition) is 1. The van der Waals surface area contributed by atoms with E-state index >= 15 is 0 Å². The predicted molar refractivity (Wildman–Crippen MR) is 81.8 cm³/mol. The molecule has 1 heterocycles. The summed E-state index contributed by atoms with van der Waals surface area (Å²) < 4.78 is 7.21. The average Bonchev–Trinajstić information content (AvgIpc) is 2.75. The van der Waals surface area contributed by atoms with Gasteiger partial charge in [0.1, 0.15) is 5.75 Å². The number of hydrogen-bond acceptors (Lipinski definition) is 3. The Morgan fingerprint density at radius 1 is 1.20 bits per heavy atom. The van der Waals surface area contributed by atoms with Gasteiger partial charge >= 0.3 is 0 Å². The number of benzene rings is 1. The number of nitrogens with one attached hydrogen (secondary N) is 1. The Balaban J connectivity index is 2.25. The van der Waals surface area contributed by atoms with E-state index < -0.39 is 0 Å². The fourth-order valence-corrected chi connectivity index (χ4v) is 2.45. The zero-order valence-corrected chi connectivity index (χ0v) is 12.7. The van der Waals surface area contributed by atoms with Crippen molar-refractivity contribution in [2.24, 2.45) is 0 Å². The summed E-state index contributed by atoms with van der Waals surface area (Å²) in [6.45, 7) is 5.26. The summed E-state index contributed by atoms with van der Waals surface area (Å²) in [6, 6.07) is 8.00. The highest BCUT2D eigenvalue weighted by atomic mass is 16.5. The van der Waals surface area contributed by atoms with E-state index in [2.05, 4.69) is 24.3 Å². The summed E-state index contributed by atoms with van der Waals surface area (Å²) >= 11 is 0. The molecular weight excluding hydrogens is 250 g/mol. The number of aryl methyl sites for hydroxylation is 1.